The number of non-ortho nitro benzene ring substituents is 1. The summed E-state index contributed by atoms with van der Waals surface area (Å²) >= 11 is 0. The number of benzene rings is 4. The summed E-state index contributed by atoms with van der Waals surface area (Å²) in [5.74, 6) is -0.434. The molecule has 0 heterocycles. The number of carbonyl (C=O) groups is 1. The Morgan fingerprint density at radius 1 is 0.829 bits per heavy atom. The number of ether oxygens (including phenoxy) is 1. The van der Waals surface area contributed by atoms with Gasteiger partial charge < -0.3 is 4.74 Å². The Kier molecular flexibility index (Phi) is 5.36. The van der Waals surface area contributed by atoms with E-state index in [-0.39, 0.29) is 11.5 Å². The molecule has 0 N–H and O–H groups in total. The van der Waals surface area contributed by atoms with Crippen LogP contribution in [0.5, 0.6) is 11.5 Å². The van der Waals surface area contributed by atoms with Gasteiger partial charge in [-0.05, 0) is 46.9 Å². The van der Waals surface area contributed by atoms with Crippen molar-refractivity contribution < 1.29 is 27.6 Å². The molecule has 0 radical (unpaired) electrons. The minimum Gasteiger partial charge on any atom is -0.457 e. The lowest BCUT2D eigenvalue weighted by atomic mass is 9.81. The van der Waals surface area contributed by atoms with Crippen molar-refractivity contribution in [1.29, 1.82) is 0 Å². The van der Waals surface area contributed by atoms with Crippen LogP contribution >= 0.6 is 0 Å². The van der Waals surface area contributed by atoms with Crippen molar-refractivity contribution in [2.45, 2.75) is 12.6 Å². The summed E-state index contributed by atoms with van der Waals surface area (Å²) in [5, 5.41) is 10.9. The predicted molar refractivity (Wildman–Crippen MR) is 123 cm³/mol. The third-order valence-corrected chi connectivity index (χ3v) is 5.92. The van der Waals surface area contributed by atoms with E-state index in [1.165, 1.54) is 12.1 Å². The fraction of sp³-hybridized carbons (Fsp3) is 0.0741. The maximum atomic E-state index is 13.4. The Hall–Kier alpha value is -4.46. The van der Waals surface area contributed by atoms with Crippen molar-refractivity contribution in [3.63, 3.8) is 0 Å². The van der Waals surface area contributed by atoms with Gasteiger partial charge in [0, 0.05) is 23.3 Å². The molecule has 0 spiro atoms. The number of nitrogens with zero attached hydrogens (tertiary/aromatic N) is 1. The normalized spacial score (nSPS) is 12.6. The second-order valence-corrected chi connectivity index (χ2v) is 8.06. The van der Waals surface area contributed by atoms with E-state index >= 15 is 0 Å². The molecule has 35 heavy (non-hydrogen) atoms. The number of halogens is 3. The molecule has 5 nitrogen and oxygen atoms in total. The van der Waals surface area contributed by atoms with E-state index in [1.807, 2.05) is 30.3 Å². The molecule has 4 aromatic rings. The molecule has 174 valence electrons. The lowest BCUT2D eigenvalue weighted by Crippen LogP contribution is -2.15. The van der Waals surface area contributed by atoms with Gasteiger partial charge in [-0.2, -0.15) is 13.2 Å². The molecule has 5 rings (SSSR count). The number of carbonyl (C=O) groups excluding carboxylic acids is 1. The van der Waals surface area contributed by atoms with E-state index in [2.05, 4.69) is 0 Å². The van der Waals surface area contributed by atoms with Crippen molar-refractivity contribution in [3.8, 4) is 22.6 Å². The first-order valence-corrected chi connectivity index (χ1v) is 10.6. The minimum absolute atomic E-state index is 0.0403. The van der Waals surface area contributed by atoms with Gasteiger partial charge in [-0.15, -0.1) is 0 Å². The Labute approximate surface area is 197 Å². The molecule has 0 amide bonds. The highest BCUT2D eigenvalue weighted by Crippen LogP contribution is 2.41. The molecule has 0 atom stereocenters. The maximum absolute atomic E-state index is 13.4. The second kappa shape index (κ2) is 8.39. The maximum Gasteiger partial charge on any atom is 0.420 e. The van der Waals surface area contributed by atoms with Crippen LogP contribution in [-0.2, 0) is 12.6 Å². The SMILES string of the molecule is O=C1c2ccccc2Cc2c1cccc2-c1ccc(Oc2ccc([N+](=O)[O-])cc2C(F)(F)F)cc1. The number of alkyl halides is 3. The molecule has 0 saturated carbocycles. The zero-order chi connectivity index (χ0) is 24.7. The fourth-order valence-corrected chi connectivity index (χ4v) is 4.26. The van der Waals surface area contributed by atoms with Gasteiger partial charge >= 0.3 is 6.18 Å². The van der Waals surface area contributed by atoms with Crippen molar-refractivity contribution in [2.75, 3.05) is 0 Å². The zero-order valence-electron chi connectivity index (χ0n) is 18.0. The smallest absolute Gasteiger partial charge is 0.420 e. The standard InChI is InChI=1S/C27H16F3NO4/c28-27(29,30)24-15-18(31(33)34)10-13-25(24)35-19-11-8-16(9-12-19)20-6-3-7-22-23(20)14-17-4-1-2-5-21(17)26(22)32/h1-13,15H,14H2. The van der Waals surface area contributed by atoms with Crippen molar-refractivity contribution in [3.05, 3.63) is 123 Å². The van der Waals surface area contributed by atoms with E-state index in [0.29, 0.717) is 23.6 Å². The minimum atomic E-state index is -4.83. The van der Waals surface area contributed by atoms with E-state index in [1.54, 1.807) is 24.3 Å². The first-order valence-electron chi connectivity index (χ1n) is 10.6. The van der Waals surface area contributed by atoms with Gasteiger partial charge in [0.25, 0.3) is 5.69 Å². The summed E-state index contributed by atoms with van der Waals surface area (Å²) in [6, 6.07) is 21.8. The van der Waals surface area contributed by atoms with E-state index in [9.17, 15) is 28.1 Å². The first-order chi connectivity index (χ1) is 16.7. The highest BCUT2D eigenvalue weighted by molar-refractivity contribution is 6.13. The van der Waals surface area contributed by atoms with Crippen molar-refractivity contribution in [2.24, 2.45) is 0 Å². The Morgan fingerprint density at radius 2 is 1.51 bits per heavy atom. The van der Waals surface area contributed by atoms with E-state index in [4.69, 9.17) is 4.74 Å². The average Bonchev–Trinajstić information content (AvgIpc) is 2.84. The summed E-state index contributed by atoms with van der Waals surface area (Å²) < 4.78 is 45.8. The van der Waals surface area contributed by atoms with Gasteiger partial charge in [0.2, 0.25) is 0 Å². The van der Waals surface area contributed by atoms with Crippen molar-refractivity contribution in [1.82, 2.24) is 0 Å². The van der Waals surface area contributed by atoms with E-state index < -0.39 is 28.1 Å². The van der Waals surface area contributed by atoms with Crippen LogP contribution in [0.4, 0.5) is 18.9 Å². The number of rotatable bonds is 4. The van der Waals surface area contributed by atoms with Gasteiger partial charge in [-0.25, -0.2) is 0 Å². The third kappa shape index (κ3) is 4.14. The van der Waals surface area contributed by atoms with Crippen LogP contribution in [0.15, 0.2) is 84.9 Å². The van der Waals surface area contributed by atoms with Crippen molar-refractivity contribution >= 4 is 11.5 Å². The third-order valence-electron chi connectivity index (χ3n) is 5.92. The number of fused-ring (bicyclic) bond motifs is 2. The molecule has 0 saturated heterocycles. The van der Waals surface area contributed by atoms with Crippen LogP contribution in [-0.4, -0.2) is 10.7 Å². The molecule has 1 aliphatic carbocycles. The lowest BCUT2D eigenvalue weighted by molar-refractivity contribution is -0.385. The van der Waals surface area contributed by atoms with Crippen LogP contribution < -0.4 is 4.74 Å². The van der Waals surface area contributed by atoms with Gasteiger partial charge in [0.15, 0.2) is 5.78 Å². The lowest BCUT2D eigenvalue weighted by Gasteiger charge is -2.21. The molecule has 0 aromatic heterocycles. The first kappa shape index (κ1) is 22.3. The monoisotopic (exact) mass is 475 g/mol. The Morgan fingerprint density at radius 3 is 2.23 bits per heavy atom. The molecular formula is C27H16F3NO4. The molecule has 0 aliphatic heterocycles. The molecule has 1 aliphatic rings. The topological polar surface area (TPSA) is 69.4 Å². The number of nitro benzene ring substituents is 1. The summed E-state index contributed by atoms with van der Waals surface area (Å²) in [6.45, 7) is 0. The van der Waals surface area contributed by atoms with Crippen LogP contribution in [0.25, 0.3) is 11.1 Å². The zero-order valence-corrected chi connectivity index (χ0v) is 18.0. The average molecular weight is 475 g/mol. The highest BCUT2D eigenvalue weighted by atomic mass is 19.4. The molecular weight excluding hydrogens is 459 g/mol. The van der Waals surface area contributed by atoms with Gasteiger partial charge in [0.05, 0.1) is 4.92 Å². The number of hydrogen-bond donors (Lipinski definition) is 0. The van der Waals surface area contributed by atoms with Crippen LogP contribution in [0.1, 0.15) is 32.6 Å². The summed E-state index contributed by atoms with van der Waals surface area (Å²) in [6.07, 6.45) is -4.24. The Balaban J connectivity index is 1.47. The van der Waals surface area contributed by atoms with Gasteiger partial charge in [0.1, 0.15) is 17.1 Å². The molecule has 4 aromatic carbocycles. The number of hydrogen-bond acceptors (Lipinski definition) is 4. The van der Waals surface area contributed by atoms with Gasteiger partial charge in [-0.1, -0.05) is 54.6 Å². The molecule has 0 unspecified atom stereocenters. The van der Waals surface area contributed by atoms with Gasteiger partial charge in [-0.3, -0.25) is 14.9 Å². The summed E-state index contributed by atoms with van der Waals surface area (Å²) in [5.41, 5.74) is 2.86. The molecule has 0 bridgehead atoms. The number of nitro groups is 1. The quantitative estimate of drug-likeness (QED) is 0.203. The molecule has 8 heteroatoms. The predicted octanol–water partition coefficient (Wildman–Crippen LogP) is 7.21. The van der Waals surface area contributed by atoms with Crippen LogP contribution in [0.3, 0.4) is 0 Å². The largest absolute Gasteiger partial charge is 0.457 e. The number of ketones is 1. The second-order valence-electron chi connectivity index (χ2n) is 8.06. The highest BCUT2D eigenvalue weighted by Gasteiger charge is 2.36. The fourth-order valence-electron chi connectivity index (χ4n) is 4.26. The van der Waals surface area contributed by atoms with E-state index in [0.717, 1.165) is 34.4 Å². The summed E-state index contributed by atoms with van der Waals surface area (Å²) in [7, 11) is 0. The summed E-state index contributed by atoms with van der Waals surface area (Å²) in [4.78, 5) is 23.0. The molecule has 0 fully saturated rings. The van der Waals surface area contributed by atoms with Crippen LogP contribution in [0.2, 0.25) is 0 Å². The Bertz CT molecular complexity index is 1480. The van der Waals surface area contributed by atoms with Crippen LogP contribution in [0, 0.1) is 10.1 Å².